The molecular formula is C13H19N7O2S. The Morgan fingerprint density at radius 3 is 2.48 bits per heavy atom. The summed E-state index contributed by atoms with van der Waals surface area (Å²) >= 11 is 1.41. The van der Waals surface area contributed by atoms with Crippen LogP contribution in [-0.4, -0.2) is 50.2 Å². The summed E-state index contributed by atoms with van der Waals surface area (Å²) in [5, 5.41) is 16.4. The third kappa shape index (κ3) is 2.85. The summed E-state index contributed by atoms with van der Waals surface area (Å²) in [4.78, 5) is 19.7. The Hall–Kier alpha value is -2.23. The van der Waals surface area contributed by atoms with Crippen molar-refractivity contribution in [2.24, 2.45) is 7.05 Å². The molecule has 0 radical (unpaired) electrons. The van der Waals surface area contributed by atoms with Gasteiger partial charge in [0.15, 0.2) is 0 Å². The van der Waals surface area contributed by atoms with E-state index in [1.54, 1.807) is 18.7 Å². The van der Waals surface area contributed by atoms with E-state index in [4.69, 9.17) is 0 Å². The van der Waals surface area contributed by atoms with Crippen molar-refractivity contribution in [3.8, 4) is 0 Å². The van der Waals surface area contributed by atoms with E-state index in [0.29, 0.717) is 24.6 Å². The first-order valence-corrected chi connectivity index (χ1v) is 8.29. The minimum Gasteiger partial charge on any atom is -0.348 e. The minimum absolute atomic E-state index is 0.102. The largest absolute Gasteiger partial charge is 0.348 e. The van der Waals surface area contributed by atoms with Crippen molar-refractivity contribution in [2.75, 3.05) is 36.0 Å². The van der Waals surface area contributed by atoms with Gasteiger partial charge in [0.1, 0.15) is 11.5 Å². The first kappa shape index (κ1) is 15.7. The zero-order chi connectivity index (χ0) is 16.6. The summed E-state index contributed by atoms with van der Waals surface area (Å²) in [7, 11) is 1.75. The Morgan fingerprint density at radius 2 is 1.91 bits per heavy atom. The van der Waals surface area contributed by atoms with Gasteiger partial charge in [-0.2, -0.15) is 9.47 Å². The molecule has 0 unspecified atom stereocenters. The molecule has 1 saturated heterocycles. The molecule has 3 rings (SSSR count). The fourth-order valence-corrected chi connectivity index (χ4v) is 3.63. The van der Waals surface area contributed by atoms with Crippen LogP contribution in [0.15, 0.2) is 0 Å². The Morgan fingerprint density at radius 1 is 1.26 bits per heavy atom. The number of anilines is 2. The Bertz CT molecular complexity index is 718. The molecule has 1 aliphatic rings. The summed E-state index contributed by atoms with van der Waals surface area (Å²) in [6.07, 6.45) is 0.830. The molecule has 9 nitrogen and oxygen atoms in total. The van der Waals surface area contributed by atoms with Crippen molar-refractivity contribution in [3.05, 3.63) is 21.6 Å². The first-order valence-electron chi connectivity index (χ1n) is 7.51. The Labute approximate surface area is 137 Å². The fourth-order valence-electron chi connectivity index (χ4n) is 2.83. The number of hydrogen-bond acceptors (Lipinski definition) is 8. The topological polar surface area (TPSA) is 93.2 Å². The SMILES string of the molecule is CCc1nsc(N2CCN(c3c([N+](=O)[O-])c(C)nn3C)CC2)n1. The number of piperazine rings is 1. The van der Waals surface area contributed by atoms with Crippen molar-refractivity contribution < 1.29 is 4.92 Å². The summed E-state index contributed by atoms with van der Waals surface area (Å²) < 4.78 is 5.91. The van der Waals surface area contributed by atoms with E-state index >= 15 is 0 Å². The monoisotopic (exact) mass is 337 g/mol. The van der Waals surface area contributed by atoms with Crippen molar-refractivity contribution in [1.29, 1.82) is 0 Å². The molecule has 3 heterocycles. The van der Waals surface area contributed by atoms with E-state index in [0.717, 1.165) is 30.5 Å². The molecule has 1 aliphatic heterocycles. The van der Waals surface area contributed by atoms with Gasteiger partial charge in [-0.05, 0) is 6.92 Å². The van der Waals surface area contributed by atoms with Crippen LogP contribution in [0.3, 0.4) is 0 Å². The van der Waals surface area contributed by atoms with Crippen LogP contribution in [0.25, 0.3) is 0 Å². The van der Waals surface area contributed by atoms with Crippen molar-refractivity contribution in [2.45, 2.75) is 20.3 Å². The number of aryl methyl sites for hydroxylation is 3. The highest BCUT2D eigenvalue weighted by Gasteiger charge is 2.31. The van der Waals surface area contributed by atoms with E-state index < -0.39 is 0 Å². The van der Waals surface area contributed by atoms with E-state index in [9.17, 15) is 10.1 Å². The highest BCUT2D eigenvalue weighted by molar-refractivity contribution is 7.09. The second kappa shape index (κ2) is 6.11. The molecule has 0 spiro atoms. The second-order valence-corrected chi connectivity index (χ2v) is 6.19. The number of nitrogens with zero attached hydrogens (tertiary/aromatic N) is 7. The molecule has 10 heteroatoms. The highest BCUT2D eigenvalue weighted by atomic mass is 32.1. The van der Waals surface area contributed by atoms with Gasteiger partial charge in [-0.25, -0.2) is 9.67 Å². The van der Waals surface area contributed by atoms with Gasteiger partial charge < -0.3 is 9.80 Å². The van der Waals surface area contributed by atoms with Crippen molar-refractivity contribution in [3.63, 3.8) is 0 Å². The van der Waals surface area contributed by atoms with Crippen LogP contribution in [0.1, 0.15) is 18.4 Å². The lowest BCUT2D eigenvalue weighted by Gasteiger charge is -2.34. The average molecular weight is 337 g/mol. The lowest BCUT2D eigenvalue weighted by molar-refractivity contribution is -0.384. The van der Waals surface area contributed by atoms with Crippen molar-refractivity contribution in [1.82, 2.24) is 19.1 Å². The summed E-state index contributed by atoms with van der Waals surface area (Å²) in [5.74, 6) is 1.45. The van der Waals surface area contributed by atoms with E-state index in [1.165, 1.54) is 11.5 Å². The predicted molar refractivity (Wildman–Crippen MR) is 88.3 cm³/mol. The molecule has 0 N–H and O–H groups in total. The lowest BCUT2D eigenvalue weighted by Crippen LogP contribution is -2.47. The maximum Gasteiger partial charge on any atom is 0.333 e. The van der Waals surface area contributed by atoms with Gasteiger partial charge >= 0.3 is 5.69 Å². The second-order valence-electron chi connectivity index (χ2n) is 5.46. The smallest absolute Gasteiger partial charge is 0.333 e. The molecule has 0 atom stereocenters. The summed E-state index contributed by atoms with van der Waals surface area (Å²) in [6, 6.07) is 0. The van der Waals surface area contributed by atoms with Crippen LogP contribution in [0.2, 0.25) is 0 Å². The van der Waals surface area contributed by atoms with Crippen LogP contribution < -0.4 is 9.80 Å². The maximum atomic E-state index is 11.3. The average Bonchev–Trinajstić information content (AvgIpc) is 3.11. The van der Waals surface area contributed by atoms with Gasteiger partial charge in [-0.15, -0.1) is 0 Å². The van der Waals surface area contributed by atoms with E-state index in [-0.39, 0.29) is 10.6 Å². The zero-order valence-corrected chi connectivity index (χ0v) is 14.2. The molecule has 0 saturated carbocycles. The third-order valence-electron chi connectivity index (χ3n) is 3.97. The molecular weight excluding hydrogens is 318 g/mol. The molecule has 0 aromatic carbocycles. The number of nitro groups is 1. The van der Waals surface area contributed by atoms with Crippen LogP contribution in [0.4, 0.5) is 16.6 Å². The van der Waals surface area contributed by atoms with Gasteiger partial charge in [-0.1, -0.05) is 6.92 Å². The maximum absolute atomic E-state index is 11.3. The van der Waals surface area contributed by atoms with E-state index in [1.807, 2.05) is 11.8 Å². The van der Waals surface area contributed by atoms with Gasteiger partial charge in [0.2, 0.25) is 10.9 Å². The van der Waals surface area contributed by atoms with Gasteiger partial charge in [-0.3, -0.25) is 10.1 Å². The summed E-state index contributed by atoms with van der Waals surface area (Å²) in [5.41, 5.74) is 0.553. The molecule has 23 heavy (non-hydrogen) atoms. The van der Waals surface area contributed by atoms with Gasteiger partial charge in [0.05, 0.1) is 4.92 Å². The molecule has 2 aromatic heterocycles. The standard InChI is InChI=1S/C13H19N7O2S/c1-4-10-14-13(23-16-10)19-7-5-18(6-8-19)12-11(20(21)22)9(2)15-17(12)3/h4-8H2,1-3H3. The number of rotatable bonds is 4. The van der Waals surface area contributed by atoms with Crippen molar-refractivity contribution >= 4 is 28.2 Å². The van der Waals surface area contributed by atoms with Gasteiger partial charge in [0.25, 0.3) is 0 Å². The Balaban J connectivity index is 1.76. The number of aromatic nitrogens is 4. The van der Waals surface area contributed by atoms with E-state index in [2.05, 4.69) is 19.4 Å². The zero-order valence-electron chi connectivity index (χ0n) is 13.4. The molecule has 1 fully saturated rings. The molecule has 0 bridgehead atoms. The lowest BCUT2D eigenvalue weighted by atomic mass is 10.3. The fraction of sp³-hybridized carbons (Fsp3) is 0.615. The highest BCUT2D eigenvalue weighted by Crippen LogP contribution is 2.32. The van der Waals surface area contributed by atoms with Crippen LogP contribution >= 0.6 is 11.5 Å². The van der Waals surface area contributed by atoms with Crippen LogP contribution in [0.5, 0.6) is 0 Å². The summed E-state index contributed by atoms with van der Waals surface area (Å²) in [6.45, 7) is 6.63. The van der Waals surface area contributed by atoms with Crippen LogP contribution in [0, 0.1) is 17.0 Å². The quantitative estimate of drug-likeness (QED) is 0.614. The minimum atomic E-state index is -0.345. The Kier molecular flexibility index (Phi) is 4.16. The predicted octanol–water partition coefficient (Wildman–Crippen LogP) is 1.38. The number of hydrogen-bond donors (Lipinski definition) is 0. The third-order valence-corrected chi connectivity index (χ3v) is 4.78. The van der Waals surface area contributed by atoms with Crippen LogP contribution in [-0.2, 0) is 13.5 Å². The molecule has 2 aromatic rings. The molecule has 0 amide bonds. The first-order chi connectivity index (χ1) is 11.0. The normalized spacial score (nSPS) is 15.3. The van der Waals surface area contributed by atoms with Gasteiger partial charge in [0, 0.05) is 51.2 Å². The molecule has 124 valence electrons. The molecule has 0 aliphatic carbocycles.